The van der Waals surface area contributed by atoms with E-state index in [1.807, 2.05) is 43.3 Å². The third-order valence-electron chi connectivity index (χ3n) is 2.79. The molecular weight excluding hydrogens is 370 g/mol. The van der Waals surface area contributed by atoms with Crippen LogP contribution >= 0.6 is 31.9 Å². The van der Waals surface area contributed by atoms with Gasteiger partial charge in [0.05, 0.1) is 0 Å². The van der Waals surface area contributed by atoms with E-state index in [9.17, 15) is 4.79 Å². The summed E-state index contributed by atoms with van der Waals surface area (Å²) in [5, 5.41) is 3.70. The Balaban J connectivity index is 2.13. The number of hydrogen-bond acceptors (Lipinski definition) is 1. The highest BCUT2D eigenvalue weighted by atomic mass is 79.9. The average Bonchev–Trinajstić information content (AvgIpc) is 2.42. The topological polar surface area (TPSA) is 29.1 Å². The van der Waals surface area contributed by atoms with Gasteiger partial charge in [0.1, 0.15) is 0 Å². The molecule has 0 bridgehead atoms. The SMILES string of the molecule is Cc1cc(C(=O)Nc2ccc(CBr)cc2)ccc1Br. The van der Waals surface area contributed by atoms with Crippen LogP contribution in [0.15, 0.2) is 46.9 Å². The molecule has 98 valence electrons. The molecule has 0 saturated carbocycles. The van der Waals surface area contributed by atoms with Gasteiger partial charge < -0.3 is 5.32 Å². The van der Waals surface area contributed by atoms with Gasteiger partial charge in [-0.2, -0.15) is 0 Å². The zero-order valence-electron chi connectivity index (χ0n) is 10.4. The number of anilines is 1. The van der Waals surface area contributed by atoms with Crippen molar-refractivity contribution >= 4 is 43.5 Å². The molecule has 0 aliphatic rings. The Hall–Kier alpha value is -1.13. The highest BCUT2D eigenvalue weighted by Crippen LogP contribution is 2.18. The number of amides is 1. The predicted octanol–water partition coefficient (Wildman–Crippen LogP) is 4.90. The summed E-state index contributed by atoms with van der Waals surface area (Å²) in [7, 11) is 0. The number of alkyl halides is 1. The van der Waals surface area contributed by atoms with Crippen molar-refractivity contribution in [3.05, 3.63) is 63.6 Å². The average molecular weight is 383 g/mol. The van der Waals surface area contributed by atoms with Gasteiger partial charge in [-0.1, -0.05) is 44.0 Å². The Labute approximate surface area is 129 Å². The van der Waals surface area contributed by atoms with Crippen LogP contribution in [0.3, 0.4) is 0 Å². The molecular formula is C15H13Br2NO. The number of benzene rings is 2. The van der Waals surface area contributed by atoms with E-state index in [1.54, 1.807) is 6.07 Å². The number of halogens is 2. The Morgan fingerprint density at radius 2 is 1.84 bits per heavy atom. The predicted molar refractivity (Wildman–Crippen MR) is 85.9 cm³/mol. The van der Waals surface area contributed by atoms with Gasteiger partial charge >= 0.3 is 0 Å². The highest BCUT2D eigenvalue weighted by molar-refractivity contribution is 9.10. The minimum absolute atomic E-state index is 0.0952. The molecule has 0 fully saturated rings. The summed E-state index contributed by atoms with van der Waals surface area (Å²) in [4.78, 5) is 12.1. The molecule has 0 saturated heterocycles. The van der Waals surface area contributed by atoms with Crippen molar-refractivity contribution < 1.29 is 4.79 Å². The number of hydrogen-bond donors (Lipinski definition) is 1. The smallest absolute Gasteiger partial charge is 0.255 e. The molecule has 19 heavy (non-hydrogen) atoms. The number of nitrogens with one attached hydrogen (secondary N) is 1. The summed E-state index contributed by atoms with van der Waals surface area (Å²) >= 11 is 6.82. The molecule has 1 N–H and O–H groups in total. The van der Waals surface area contributed by atoms with E-state index in [4.69, 9.17) is 0 Å². The fourth-order valence-corrected chi connectivity index (χ4v) is 2.29. The van der Waals surface area contributed by atoms with Crippen LogP contribution in [0.4, 0.5) is 5.69 Å². The van der Waals surface area contributed by atoms with E-state index in [2.05, 4.69) is 37.2 Å². The lowest BCUT2D eigenvalue weighted by Crippen LogP contribution is -2.12. The summed E-state index contributed by atoms with van der Waals surface area (Å²) in [5.41, 5.74) is 3.68. The maximum Gasteiger partial charge on any atom is 0.255 e. The molecule has 0 aliphatic carbocycles. The monoisotopic (exact) mass is 381 g/mol. The zero-order valence-corrected chi connectivity index (χ0v) is 13.6. The van der Waals surface area contributed by atoms with Crippen LogP contribution in [0.1, 0.15) is 21.5 Å². The lowest BCUT2D eigenvalue weighted by Gasteiger charge is -2.07. The maximum absolute atomic E-state index is 12.1. The molecule has 2 aromatic rings. The molecule has 0 atom stereocenters. The van der Waals surface area contributed by atoms with Crippen LogP contribution in [0, 0.1) is 6.92 Å². The van der Waals surface area contributed by atoms with Gasteiger partial charge in [-0.05, 0) is 48.4 Å². The third kappa shape index (κ3) is 3.67. The molecule has 0 aliphatic heterocycles. The van der Waals surface area contributed by atoms with Crippen molar-refractivity contribution in [3.63, 3.8) is 0 Å². The van der Waals surface area contributed by atoms with E-state index in [0.29, 0.717) is 5.56 Å². The van der Waals surface area contributed by atoms with E-state index in [1.165, 1.54) is 5.56 Å². The van der Waals surface area contributed by atoms with Crippen molar-refractivity contribution in [1.29, 1.82) is 0 Å². The second-order valence-corrected chi connectivity index (χ2v) is 5.66. The maximum atomic E-state index is 12.1. The zero-order chi connectivity index (χ0) is 13.8. The molecule has 0 radical (unpaired) electrons. The molecule has 2 rings (SSSR count). The minimum atomic E-state index is -0.0952. The number of carbonyl (C=O) groups is 1. The van der Waals surface area contributed by atoms with Crippen molar-refractivity contribution in [1.82, 2.24) is 0 Å². The van der Waals surface area contributed by atoms with Crippen molar-refractivity contribution in [3.8, 4) is 0 Å². The van der Waals surface area contributed by atoms with E-state index in [0.717, 1.165) is 21.1 Å². The van der Waals surface area contributed by atoms with Crippen LogP contribution in [0.5, 0.6) is 0 Å². The largest absolute Gasteiger partial charge is 0.322 e. The summed E-state index contributed by atoms with van der Waals surface area (Å²) < 4.78 is 1.01. The van der Waals surface area contributed by atoms with E-state index in [-0.39, 0.29) is 5.91 Å². The van der Waals surface area contributed by atoms with Gasteiger partial charge in [-0.25, -0.2) is 0 Å². The first kappa shape index (κ1) is 14.3. The Morgan fingerprint density at radius 3 is 2.42 bits per heavy atom. The second-order valence-electron chi connectivity index (χ2n) is 4.25. The molecule has 0 unspecified atom stereocenters. The Bertz CT molecular complexity index is 594. The summed E-state index contributed by atoms with van der Waals surface area (Å²) in [6, 6.07) is 13.3. The molecule has 0 aromatic heterocycles. The standard InChI is InChI=1S/C15H13Br2NO/c1-10-8-12(4-7-14(10)17)15(19)18-13-5-2-11(9-16)3-6-13/h2-8H,9H2,1H3,(H,18,19). The van der Waals surface area contributed by atoms with E-state index >= 15 is 0 Å². The van der Waals surface area contributed by atoms with Crippen LogP contribution in [0.25, 0.3) is 0 Å². The van der Waals surface area contributed by atoms with Gasteiger partial charge in [0.2, 0.25) is 0 Å². The quantitative estimate of drug-likeness (QED) is 0.751. The van der Waals surface area contributed by atoms with Gasteiger partial charge in [0.25, 0.3) is 5.91 Å². The minimum Gasteiger partial charge on any atom is -0.322 e. The van der Waals surface area contributed by atoms with Crippen molar-refractivity contribution in [2.75, 3.05) is 5.32 Å². The Morgan fingerprint density at radius 1 is 1.16 bits per heavy atom. The number of carbonyl (C=O) groups excluding carboxylic acids is 1. The molecule has 1 amide bonds. The Kier molecular flexibility index (Phi) is 4.77. The van der Waals surface area contributed by atoms with Crippen LogP contribution in [-0.2, 0) is 5.33 Å². The van der Waals surface area contributed by atoms with Gasteiger partial charge in [-0.15, -0.1) is 0 Å². The molecule has 0 heterocycles. The first-order chi connectivity index (χ1) is 9.10. The summed E-state index contributed by atoms with van der Waals surface area (Å²) in [6.45, 7) is 1.96. The first-order valence-electron chi connectivity index (χ1n) is 5.82. The van der Waals surface area contributed by atoms with Gasteiger partial charge in [-0.3, -0.25) is 4.79 Å². The normalized spacial score (nSPS) is 10.3. The van der Waals surface area contributed by atoms with Gasteiger partial charge in [0.15, 0.2) is 0 Å². The lowest BCUT2D eigenvalue weighted by molar-refractivity contribution is 0.102. The second kappa shape index (κ2) is 6.35. The lowest BCUT2D eigenvalue weighted by atomic mass is 10.1. The molecule has 2 aromatic carbocycles. The van der Waals surface area contributed by atoms with E-state index < -0.39 is 0 Å². The first-order valence-corrected chi connectivity index (χ1v) is 7.74. The summed E-state index contributed by atoms with van der Waals surface area (Å²) in [6.07, 6.45) is 0. The van der Waals surface area contributed by atoms with Crippen LogP contribution in [0.2, 0.25) is 0 Å². The number of aryl methyl sites for hydroxylation is 1. The number of rotatable bonds is 3. The van der Waals surface area contributed by atoms with Gasteiger partial charge in [0, 0.05) is 21.1 Å². The van der Waals surface area contributed by atoms with Crippen molar-refractivity contribution in [2.24, 2.45) is 0 Å². The molecule has 2 nitrogen and oxygen atoms in total. The molecule has 4 heteroatoms. The molecule has 0 spiro atoms. The third-order valence-corrected chi connectivity index (χ3v) is 4.32. The highest BCUT2D eigenvalue weighted by Gasteiger charge is 2.07. The fraction of sp³-hybridized carbons (Fsp3) is 0.133. The van der Waals surface area contributed by atoms with Crippen LogP contribution in [-0.4, -0.2) is 5.91 Å². The summed E-state index contributed by atoms with van der Waals surface area (Å²) in [5.74, 6) is -0.0952. The van der Waals surface area contributed by atoms with Crippen LogP contribution < -0.4 is 5.32 Å². The fourth-order valence-electron chi connectivity index (χ4n) is 1.67. The van der Waals surface area contributed by atoms with Crippen molar-refractivity contribution in [2.45, 2.75) is 12.3 Å².